The average molecular weight is 385 g/mol. The molecule has 6 rings (SSSR count). The summed E-state index contributed by atoms with van der Waals surface area (Å²) >= 11 is 3.11. The zero-order valence-corrected chi connectivity index (χ0v) is 15.6. The Bertz CT molecular complexity index is 1380. The SMILES string of the molecule is O=c1nc2sc3c(-c4ccccc4)cc(-c4ccccc4)c4sc(n1)n2c34. The van der Waals surface area contributed by atoms with Gasteiger partial charge < -0.3 is 0 Å². The number of rotatable bonds is 2. The van der Waals surface area contributed by atoms with Crippen LogP contribution in [-0.4, -0.2) is 14.4 Å². The quantitative estimate of drug-likeness (QED) is 0.407. The van der Waals surface area contributed by atoms with Gasteiger partial charge in [-0.2, -0.15) is 9.97 Å². The smallest absolute Gasteiger partial charge is 0.258 e. The summed E-state index contributed by atoms with van der Waals surface area (Å²) in [5.41, 5.74) is 5.30. The molecule has 3 aromatic carbocycles. The molecular weight excluding hydrogens is 374 g/mol. The third-order valence-electron chi connectivity index (χ3n) is 4.75. The molecule has 0 bridgehead atoms. The third-order valence-corrected chi connectivity index (χ3v) is 6.90. The van der Waals surface area contributed by atoms with Crippen molar-refractivity contribution < 1.29 is 0 Å². The van der Waals surface area contributed by atoms with Crippen LogP contribution in [0.5, 0.6) is 0 Å². The van der Waals surface area contributed by atoms with Crippen molar-refractivity contribution >= 4 is 47.5 Å². The van der Waals surface area contributed by atoms with E-state index in [4.69, 9.17) is 0 Å². The van der Waals surface area contributed by atoms with Crippen LogP contribution in [0.3, 0.4) is 0 Å². The number of benzene rings is 3. The fourth-order valence-corrected chi connectivity index (χ4v) is 6.02. The summed E-state index contributed by atoms with van der Waals surface area (Å²) in [6.45, 7) is 0. The molecule has 0 aliphatic heterocycles. The first-order valence-corrected chi connectivity index (χ1v) is 10.1. The highest BCUT2D eigenvalue weighted by atomic mass is 32.1. The number of hydrogen-bond acceptors (Lipinski definition) is 5. The molecule has 3 heterocycles. The molecule has 0 atom stereocenters. The third kappa shape index (κ3) is 2.11. The molecular formula is C21H11N3OS2. The molecule has 0 aliphatic carbocycles. The molecule has 0 saturated heterocycles. The van der Waals surface area contributed by atoms with Gasteiger partial charge in [0.25, 0.3) is 0 Å². The van der Waals surface area contributed by atoms with E-state index in [2.05, 4.69) is 40.3 Å². The van der Waals surface area contributed by atoms with Crippen molar-refractivity contribution in [2.24, 2.45) is 0 Å². The highest BCUT2D eigenvalue weighted by Gasteiger charge is 2.22. The summed E-state index contributed by atoms with van der Waals surface area (Å²) < 4.78 is 4.31. The first kappa shape index (κ1) is 15.0. The minimum Gasteiger partial charge on any atom is -0.258 e. The van der Waals surface area contributed by atoms with Gasteiger partial charge >= 0.3 is 5.69 Å². The van der Waals surface area contributed by atoms with E-state index in [0.29, 0.717) is 9.92 Å². The van der Waals surface area contributed by atoms with Crippen LogP contribution in [-0.2, 0) is 0 Å². The van der Waals surface area contributed by atoms with Crippen LogP contribution in [0.1, 0.15) is 0 Å². The van der Waals surface area contributed by atoms with Crippen LogP contribution >= 0.6 is 22.7 Å². The maximum atomic E-state index is 11.9. The Morgan fingerprint density at radius 2 is 1.19 bits per heavy atom. The minimum atomic E-state index is -0.426. The number of hydrogen-bond donors (Lipinski definition) is 0. The number of thiazole rings is 2. The standard InChI is InChI=1S/C21H11N3OS2/c25-19-22-20-24-16-17(26-20)14(12-7-3-1-4-8-12)11-15(13-9-5-2-6-10-13)18(16)27-21(24)23-19/h1-11H. The highest BCUT2D eigenvalue weighted by Crippen LogP contribution is 2.46. The molecule has 3 aromatic heterocycles. The topological polar surface area (TPSA) is 47.3 Å². The molecule has 0 unspecified atom stereocenters. The fraction of sp³-hybridized carbons (Fsp3) is 0. The van der Waals surface area contributed by atoms with Crippen LogP contribution < -0.4 is 5.69 Å². The van der Waals surface area contributed by atoms with E-state index in [0.717, 1.165) is 37.2 Å². The van der Waals surface area contributed by atoms with Crippen molar-refractivity contribution in [2.45, 2.75) is 0 Å². The summed E-state index contributed by atoms with van der Waals surface area (Å²) in [7, 11) is 0. The second-order valence-electron chi connectivity index (χ2n) is 6.32. The second-order valence-corrected chi connectivity index (χ2v) is 8.28. The van der Waals surface area contributed by atoms with Gasteiger partial charge in [-0.3, -0.25) is 4.40 Å². The zero-order valence-electron chi connectivity index (χ0n) is 13.9. The minimum absolute atomic E-state index is 0.426. The van der Waals surface area contributed by atoms with E-state index in [1.165, 1.54) is 0 Å². The monoisotopic (exact) mass is 385 g/mol. The molecule has 0 radical (unpaired) electrons. The predicted octanol–water partition coefficient (Wildman–Crippen LogP) is 5.29. The maximum Gasteiger partial charge on any atom is 0.372 e. The normalized spacial score (nSPS) is 11.9. The van der Waals surface area contributed by atoms with Gasteiger partial charge in [0.1, 0.15) is 0 Å². The van der Waals surface area contributed by atoms with E-state index in [1.807, 2.05) is 40.8 Å². The highest BCUT2D eigenvalue weighted by molar-refractivity contribution is 7.28. The van der Waals surface area contributed by atoms with Gasteiger partial charge in [0, 0.05) is 11.1 Å². The predicted molar refractivity (Wildman–Crippen MR) is 112 cm³/mol. The van der Waals surface area contributed by atoms with E-state index >= 15 is 0 Å². The van der Waals surface area contributed by atoms with Crippen LogP contribution in [0.15, 0.2) is 71.5 Å². The molecule has 0 saturated carbocycles. The Balaban J connectivity index is 1.85. The zero-order chi connectivity index (χ0) is 18.0. The van der Waals surface area contributed by atoms with Gasteiger partial charge in [-0.05, 0) is 17.2 Å². The Kier molecular flexibility index (Phi) is 3.03. The van der Waals surface area contributed by atoms with E-state index < -0.39 is 5.69 Å². The maximum absolute atomic E-state index is 11.9. The lowest BCUT2D eigenvalue weighted by Gasteiger charge is -2.09. The molecule has 0 fully saturated rings. The van der Waals surface area contributed by atoms with Crippen molar-refractivity contribution in [1.29, 1.82) is 0 Å². The Labute approximate surface area is 161 Å². The second kappa shape index (κ2) is 5.45. The average Bonchev–Trinajstić information content (AvgIpc) is 3.27. The molecule has 4 nitrogen and oxygen atoms in total. The first-order valence-electron chi connectivity index (χ1n) is 8.48. The molecule has 0 amide bonds. The summed E-state index contributed by atoms with van der Waals surface area (Å²) in [5, 5.41) is 0. The van der Waals surface area contributed by atoms with Crippen molar-refractivity contribution in [3.05, 3.63) is 77.2 Å². The number of aromatic nitrogens is 3. The Hall–Kier alpha value is -3.09. The van der Waals surface area contributed by atoms with Gasteiger partial charge in [-0.15, -0.1) is 0 Å². The summed E-state index contributed by atoms with van der Waals surface area (Å²) in [4.78, 5) is 21.6. The van der Waals surface area contributed by atoms with Gasteiger partial charge in [0.2, 0.25) is 9.92 Å². The van der Waals surface area contributed by atoms with Gasteiger partial charge in [0.05, 0.1) is 14.9 Å². The van der Waals surface area contributed by atoms with E-state index in [-0.39, 0.29) is 0 Å². The van der Waals surface area contributed by atoms with Crippen molar-refractivity contribution in [1.82, 2.24) is 14.4 Å². The lowest BCUT2D eigenvalue weighted by atomic mass is 9.98. The summed E-state index contributed by atoms with van der Waals surface area (Å²) in [5.74, 6) is 0. The largest absolute Gasteiger partial charge is 0.372 e. The Morgan fingerprint density at radius 3 is 1.67 bits per heavy atom. The van der Waals surface area contributed by atoms with Gasteiger partial charge in [-0.25, -0.2) is 4.79 Å². The van der Waals surface area contributed by atoms with Gasteiger partial charge in [0.15, 0.2) is 0 Å². The van der Waals surface area contributed by atoms with Crippen molar-refractivity contribution in [2.75, 3.05) is 0 Å². The van der Waals surface area contributed by atoms with Crippen LogP contribution in [0.25, 0.3) is 47.1 Å². The molecule has 27 heavy (non-hydrogen) atoms. The molecule has 0 spiro atoms. The van der Waals surface area contributed by atoms with Gasteiger partial charge in [-0.1, -0.05) is 83.3 Å². The fourth-order valence-electron chi connectivity index (χ4n) is 3.59. The van der Waals surface area contributed by atoms with Crippen molar-refractivity contribution in [3.8, 4) is 22.3 Å². The molecule has 6 heteroatoms. The lowest BCUT2D eigenvalue weighted by Crippen LogP contribution is -2.10. The van der Waals surface area contributed by atoms with Crippen molar-refractivity contribution in [3.63, 3.8) is 0 Å². The van der Waals surface area contributed by atoms with Crippen LogP contribution in [0.2, 0.25) is 0 Å². The first-order chi connectivity index (χ1) is 13.3. The summed E-state index contributed by atoms with van der Waals surface area (Å²) in [6.07, 6.45) is 0. The molecule has 6 aromatic rings. The number of nitrogens with zero attached hydrogens (tertiary/aromatic N) is 3. The van der Waals surface area contributed by atoms with E-state index in [1.54, 1.807) is 22.7 Å². The Morgan fingerprint density at radius 1 is 0.704 bits per heavy atom. The molecule has 128 valence electrons. The summed E-state index contributed by atoms with van der Waals surface area (Å²) in [6, 6.07) is 23.0. The van der Waals surface area contributed by atoms with Crippen LogP contribution in [0, 0.1) is 0 Å². The van der Waals surface area contributed by atoms with Crippen LogP contribution in [0.4, 0.5) is 0 Å². The molecule has 0 aliphatic rings. The lowest BCUT2D eigenvalue weighted by molar-refractivity contribution is 1.07. The van der Waals surface area contributed by atoms with E-state index in [9.17, 15) is 4.79 Å². The molecule has 0 N–H and O–H groups in total.